The standard InChI is InChI=1S/C26H28F3N5.C2H5N.C2H6/c1-17-5-2-3-6-19(17)25(7-4-8-25)33-11-9-24(16-33)10-12-34-22(24)14-21(32-34)18-13-20(26(27,28)29)23(30)31-15-18;1-2-3;1-2/h2-3,5-6,13-15H,4,7-12,16H2,1H3,(H2,30,31);2H,1,3H2;1-2H3. The van der Waals surface area contributed by atoms with Crippen LogP contribution >= 0.6 is 0 Å². The van der Waals surface area contributed by atoms with E-state index in [1.165, 1.54) is 42.8 Å². The lowest BCUT2D eigenvalue weighted by atomic mass is 9.69. The lowest BCUT2D eigenvalue weighted by molar-refractivity contribution is -0.137. The van der Waals surface area contributed by atoms with Gasteiger partial charge >= 0.3 is 6.18 Å². The Kier molecular flexibility index (Phi) is 8.12. The molecule has 9 heteroatoms. The van der Waals surface area contributed by atoms with E-state index in [-0.39, 0.29) is 11.0 Å². The summed E-state index contributed by atoms with van der Waals surface area (Å²) in [4.78, 5) is 6.47. The smallest absolute Gasteiger partial charge is 0.405 e. The minimum Gasteiger partial charge on any atom is -0.405 e. The number of anilines is 1. The molecule has 1 saturated heterocycles. The maximum Gasteiger partial charge on any atom is 0.419 e. The molecular formula is C30H39F3N6. The van der Waals surface area contributed by atoms with E-state index in [9.17, 15) is 13.2 Å². The summed E-state index contributed by atoms with van der Waals surface area (Å²) in [5, 5.41) is 4.68. The predicted molar refractivity (Wildman–Crippen MR) is 150 cm³/mol. The largest absolute Gasteiger partial charge is 0.419 e. The molecule has 1 saturated carbocycles. The maximum atomic E-state index is 13.4. The number of nitrogens with zero attached hydrogens (tertiary/aromatic N) is 4. The fraction of sp³-hybridized carbons (Fsp3) is 0.467. The van der Waals surface area contributed by atoms with Crippen molar-refractivity contribution in [2.45, 2.75) is 76.6 Å². The molecule has 6 rings (SSSR count). The number of halogens is 3. The quantitative estimate of drug-likeness (QED) is 0.402. The summed E-state index contributed by atoms with van der Waals surface area (Å²) in [6.45, 7) is 12.1. The Morgan fingerprint density at radius 1 is 1.05 bits per heavy atom. The Morgan fingerprint density at radius 2 is 1.72 bits per heavy atom. The molecule has 39 heavy (non-hydrogen) atoms. The molecule has 2 fully saturated rings. The summed E-state index contributed by atoms with van der Waals surface area (Å²) in [7, 11) is 0. The highest BCUT2D eigenvalue weighted by Gasteiger charge is 2.53. The molecule has 1 atom stereocenters. The monoisotopic (exact) mass is 540 g/mol. The van der Waals surface area contributed by atoms with Crippen molar-refractivity contribution in [2.75, 3.05) is 18.8 Å². The molecule has 3 aromatic rings. The Bertz CT molecular complexity index is 1310. The van der Waals surface area contributed by atoms with Gasteiger partial charge in [0.2, 0.25) is 0 Å². The van der Waals surface area contributed by atoms with Crippen molar-refractivity contribution in [2.24, 2.45) is 5.73 Å². The number of rotatable bonds is 3. The van der Waals surface area contributed by atoms with Crippen LogP contribution in [0.25, 0.3) is 11.3 Å². The second-order valence-electron chi connectivity index (χ2n) is 10.4. The van der Waals surface area contributed by atoms with Crippen LogP contribution in [-0.4, -0.2) is 32.8 Å². The SMILES string of the molecule is C=CN.CC.Cc1ccccc1C1(N2CCC3(CCn4nc(-c5cnc(N)c(C(F)(F)F)c5)cc43)C2)CCC1. The van der Waals surface area contributed by atoms with E-state index < -0.39 is 17.6 Å². The number of hydrogen-bond donors (Lipinski definition) is 2. The van der Waals surface area contributed by atoms with Crippen molar-refractivity contribution in [1.29, 1.82) is 0 Å². The highest BCUT2D eigenvalue weighted by molar-refractivity contribution is 5.63. The lowest BCUT2D eigenvalue weighted by Crippen LogP contribution is -2.51. The van der Waals surface area contributed by atoms with Gasteiger partial charge in [-0.15, -0.1) is 0 Å². The van der Waals surface area contributed by atoms with Crippen LogP contribution in [0.2, 0.25) is 0 Å². The van der Waals surface area contributed by atoms with E-state index in [2.05, 4.69) is 58.5 Å². The average molecular weight is 541 g/mol. The second kappa shape index (κ2) is 11.0. The van der Waals surface area contributed by atoms with E-state index in [1.54, 1.807) is 0 Å². The molecule has 210 valence electrons. The van der Waals surface area contributed by atoms with Crippen molar-refractivity contribution < 1.29 is 13.2 Å². The van der Waals surface area contributed by atoms with Gasteiger partial charge in [0.25, 0.3) is 0 Å². The average Bonchev–Trinajstić information content (AvgIpc) is 3.58. The van der Waals surface area contributed by atoms with Gasteiger partial charge in [-0.3, -0.25) is 9.58 Å². The number of hydrogen-bond acceptors (Lipinski definition) is 5. The molecule has 3 aliphatic rings. The van der Waals surface area contributed by atoms with Gasteiger partial charge in [-0.05, 0) is 68.5 Å². The Labute approximate surface area is 228 Å². The summed E-state index contributed by atoms with van der Waals surface area (Å²) < 4.78 is 42.1. The van der Waals surface area contributed by atoms with Crippen molar-refractivity contribution in [3.05, 3.63) is 77.8 Å². The zero-order chi connectivity index (χ0) is 28.4. The third-order valence-corrected chi connectivity index (χ3v) is 8.43. The zero-order valence-electron chi connectivity index (χ0n) is 23.1. The highest BCUT2D eigenvalue weighted by atomic mass is 19.4. The van der Waals surface area contributed by atoms with Crippen LogP contribution in [-0.2, 0) is 23.7 Å². The molecule has 2 aliphatic heterocycles. The normalized spacial score (nSPS) is 21.3. The predicted octanol–water partition coefficient (Wildman–Crippen LogP) is 6.40. The molecule has 0 bridgehead atoms. The molecule has 1 aromatic carbocycles. The first-order valence-corrected chi connectivity index (χ1v) is 13.7. The van der Waals surface area contributed by atoms with Crippen molar-refractivity contribution in [3.8, 4) is 11.3 Å². The first-order chi connectivity index (χ1) is 18.6. The van der Waals surface area contributed by atoms with Gasteiger partial charge in [-0.2, -0.15) is 18.3 Å². The van der Waals surface area contributed by atoms with Crippen LogP contribution in [0.3, 0.4) is 0 Å². The van der Waals surface area contributed by atoms with E-state index in [0.29, 0.717) is 11.3 Å². The number of nitrogens with two attached hydrogens (primary N) is 2. The van der Waals surface area contributed by atoms with E-state index >= 15 is 0 Å². The lowest BCUT2D eigenvalue weighted by Gasteiger charge is -2.50. The number of fused-ring (bicyclic) bond motifs is 2. The number of aryl methyl sites for hydroxylation is 2. The van der Waals surface area contributed by atoms with Crippen molar-refractivity contribution in [1.82, 2.24) is 19.7 Å². The number of likely N-dealkylation sites (tertiary alicyclic amines) is 1. The maximum absolute atomic E-state index is 13.4. The van der Waals surface area contributed by atoms with E-state index in [4.69, 9.17) is 5.73 Å². The molecule has 1 unspecified atom stereocenters. The van der Waals surface area contributed by atoms with Crippen LogP contribution in [0.15, 0.2) is 55.4 Å². The van der Waals surface area contributed by atoms with Gasteiger partial charge in [0.1, 0.15) is 5.82 Å². The summed E-state index contributed by atoms with van der Waals surface area (Å²) in [5.41, 5.74) is 14.1. The number of benzene rings is 1. The molecule has 4 heterocycles. The summed E-state index contributed by atoms with van der Waals surface area (Å²) in [5.74, 6) is -0.507. The topological polar surface area (TPSA) is 86.0 Å². The third kappa shape index (κ3) is 5.04. The van der Waals surface area contributed by atoms with Crippen LogP contribution in [0.1, 0.15) is 68.3 Å². The van der Waals surface area contributed by atoms with E-state index in [0.717, 1.165) is 44.2 Å². The minimum absolute atomic E-state index is 0.00931. The summed E-state index contributed by atoms with van der Waals surface area (Å²) in [6, 6.07) is 11.8. The molecule has 1 aliphatic carbocycles. The number of nitrogen functional groups attached to an aromatic ring is 1. The molecule has 6 nitrogen and oxygen atoms in total. The zero-order valence-corrected chi connectivity index (χ0v) is 23.1. The Hall–Kier alpha value is -3.33. The molecule has 0 radical (unpaired) electrons. The van der Waals surface area contributed by atoms with Crippen LogP contribution in [0, 0.1) is 6.92 Å². The fourth-order valence-corrected chi connectivity index (χ4v) is 6.46. The summed E-state index contributed by atoms with van der Waals surface area (Å²) >= 11 is 0. The molecule has 2 aromatic heterocycles. The first kappa shape index (κ1) is 28.7. The van der Waals surface area contributed by atoms with Gasteiger partial charge in [-0.25, -0.2) is 4.98 Å². The van der Waals surface area contributed by atoms with Crippen LogP contribution in [0.4, 0.5) is 19.0 Å². The van der Waals surface area contributed by atoms with Crippen molar-refractivity contribution >= 4 is 5.82 Å². The van der Waals surface area contributed by atoms with E-state index in [1.807, 2.05) is 24.6 Å². The number of aromatic nitrogens is 3. The second-order valence-corrected chi connectivity index (χ2v) is 10.4. The molecule has 4 N–H and O–H groups in total. The van der Waals surface area contributed by atoms with Gasteiger partial charge in [-0.1, -0.05) is 44.7 Å². The molecular weight excluding hydrogens is 501 g/mol. The van der Waals surface area contributed by atoms with Crippen LogP contribution in [0.5, 0.6) is 0 Å². The summed E-state index contributed by atoms with van der Waals surface area (Å²) in [6.07, 6.45) is 3.74. The third-order valence-electron chi connectivity index (χ3n) is 8.43. The number of pyridine rings is 1. The minimum atomic E-state index is -4.55. The Balaban J connectivity index is 0.000000662. The molecule has 0 amide bonds. The first-order valence-electron chi connectivity index (χ1n) is 13.7. The van der Waals surface area contributed by atoms with Crippen LogP contribution < -0.4 is 11.5 Å². The van der Waals surface area contributed by atoms with Gasteiger partial charge in [0.15, 0.2) is 0 Å². The van der Waals surface area contributed by atoms with Gasteiger partial charge in [0, 0.05) is 48.0 Å². The van der Waals surface area contributed by atoms with Gasteiger partial charge in [0.05, 0.1) is 11.3 Å². The highest BCUT2D eigenvalue weighted by Crippen LogP contribution is 2.53. The molecule has 1 spiro atoms. The number of alkyl halides is 3. The fourth-order valence-electron chi connectivity index (χ4n) is 6.46. The Morgan fingerprint density at radius 3 is 2.33 bits per heavy atom. The van der Waals surface area contributed by atoms with Gasteiger partial charge < -0.3 is 11.5 Å². The van der Waals surface area contributed by atoms with Crippen molar-refractivity contribution in [3.63, 3.8) is 0 Å².